The van der Waals surface area contributed by atoms with E-state index < -0.39 is 0 Å². The van der Waals surface area contributed by atoms with Gasteiger partial charge in [0, 0.05) is 34.9 Å². The van der Waals surface area contributed by atoms with Crippen molar-refractivity contribution >= 4 is 34.5 Å². The Labute approximate surface area is 263 Å². The predicted octanol–water partition coefficient (Wildman–Crippen LogP) is 11.4. The minimum absolute atomic E-state index is 0.765. The number of furan rings is 1. The second kappa shape index (κ2) is 10.4. The van der Waals surface area contributed by atoms with Crippen LogP contribution in [0.5, 0.6) is 0 Å². The molecule has 7 aromatic rings. The molecule has 0 saturated carbocycles. The maximum atomic E-state index is 6.84. The van der Waals surface area contributed by atoms with Gasteiger partial charge in [-0.3, -0.25) is 9.80 Å². The number of rotatable bonds is 6. The van der Waals surface area contributed by atoms with E-state index in [2.05, 4.69) is 168 Å². The zero-order chi connectivity index (χ0) is 29.7. The van der Waals surface area contributed by atoms with Crippen molar-refractivity contribution in [3.8, 4) is 22.3 Å². The summed E-state index contributed by atoms with van der Waals surface area (Å²) in [6, 6.07) is 56.1. The minimum Gasteiger partial charge on any atom is -0.424 e. The van der Waals surface area contributed by atoms with Crippen molar-refractivity contribution in [1.29, 1.82) is 0 Å². The number of para-hydroxylation sites is 2. The Hall–Kier alpha value is -5.80. The first-order valence-corrected chi connectivity index (χ1v) is 15.5. The molecule has 45 heavy (non-hydrogen) atoms. The van der Waals surface area contributed by atoms with Gasteiger partial charge in [-0.05, 0) is 106 Å². The zero-order valence-corrected chi connectivity index (χ0v) is 24.7. The molecule has 0 spiro atoms. The van der Waals surface area contributed by atoms with Crippen molar-refractivity contribution in [2.24, 2.45) is 0 Å². The topological polar surface area (TPSA) is 19.6 Å². The monoisotopic (exact) mass is 578 g/mol. The van der Waals surface area contributed by atoms with Gasteiger partial charge in [-0.2, -0.15) is 0 Å². The molecule has 214 valence electrons. The van der Waals surface area contributed by atoms with Crippen LogP contribution in [0, 0.1) is 0 Å². The van der Waals surface area contributed by atoms with Crippen LogP contribution in [0.1, 0.15) is 22.3 Å². The summed E-state index contributed by atoms with van der Waals surface area (Å²) < 4.78 is 6.84. The Bertz CT molecular complexity index is 2030. The lowest BCUT2D eigenvalue weighted by Gasteiger charge is -2.25. The molecular formula is C42H30N2O. The molecule has 0 radical (unpaired) electrons. The van der Waals surface area contributed by atoms with Gasteiger partial charge < -0.3 is 4.42 Å². The summed E-state index contributed by atoms with van der Waals surface area (Å²) in [6.45, 7) is 0. The fourth-order valence-corrected chi connectivity index (χ4v) is 7.06. The molecule has 6 aromatic carbocycles. The second-order valence-corrected chi connectivity index (χ2v) is 11.8. The highest BCUT2D eigenvalue weighted by Crippen LogP contribution is 2.46. The number of fused-ring (bicyclic) bond motifs is 6. The highest BCUT2D eigenvalue weighted by atomic mass is 16.4. The van der Waals surface area contributed by atoms with Crippen LogP contribution >= 0.6 is 0 Å². The summed E-state index contributed by atoms with van der Waals surface area (Å²) in [5.41, 5.74) is 15.0. The van der Waals surface area contributed by atoms with Crippen molar-refractivity contribution in [3.63, 3.8) is 0 Å². The van der Waals surface area contributed by atoms with Crippen LogP contribution in [0.15, 0.2) is 162 Å². The highest BCUT2D eigenvalue weighted by molar-refractivity contribution is 5.84. The maximum absolute atomic E-state index is 6.84. The van der Waals surface area contributed by atoms with Gasteiger partial charge in [0.15, 0.2) is 0 Å². The molecular weight excluding hydrogens is 548 g/mol. The molecule has 2 aliphatic carbocycles. The van der Waals surface area contributed by atoms with E-state index in [4.69, 9.17) is 4.42 Å². The Morgan fingerprint density at radius 2 is 0.733 bits per heavy atom. The number of anilines is 6. The first-order chi connectivity index (χ1) is 22.3. The lowest BCUT2D eigenvalue weighted by atomic mass is 10.0. The molecule has 3 heteroatoms. The largest absolute Gasteiger partial charge is 0.424 e. The van der Waals surface area contributed by atoms with Gasteiger partial charge in [-0.1, -0.05) is 97.1 Å². The Morgan fingerprint density at radius 3 is 1.20 bits per heavy atom. The summed E-state index contributed by atoms with van der Waals surface area (Å²) >= 11 is 0. The van der Waals surface area contributed by atoms with E-state index in [1.807, 2.05) is 0 Å². The van der Waals surface area contributed by atoms with E-state index in [9.17, 15) is 0 Å². The molecule has 0 atom stereocenters. The van der Waals surface area contributed by atoms with E-state index in [0.717, 1.165) is 47.4 Å². The maximum Gasteiger partial charge on any atom is 0.207 e. The van der Waals surface area contributed by atoms with Crippen molar-refractivity contribution in [2.45, 2.75) is 12.8 Å². The van der Waals surface area contributed by atoms with Crippen molar-refractivity contribution in [3.05, 3.63) is 180 Å². The van der Waals surface area contributed by atoms with Crippen molar-refractivity contribution < 1.29 is 4.42 Å². The van der Waals surface area contributed by atoms with Crippen LogP contribution in [-0.2, 0) is 12.8 Å². The predicted molar refractivity (Wildman–Crippen MR) is 185 cm³/mol. The second-order valence-electron chi connectivity index (χ2n) is 11.8. The zero-order valence-electron chi connectivity index (χ0n) is 24.7. The average molecular weight is 579 g/mol. The summed E-state index contributed by atoms with van der Waals surface area (Å²) in [5, 5.41) is 0. The third kappa shape index (κ3) is 4.36. The van der Waals surface area contributed by atoms with Crippen LogP contribution < -0.4 is 9.80 Å². The van der Waals surface area contributed by atoms with Gasteiger partial charge in [0.2, 0.25) is 11.8 Å². The minimum atomic E-state index is 0.765. The Kier molecular flexibility index (Phi) is 5.95. The van der Waals surface area contributed by atoms with E-state index in [1.165, 1.54) is 44.5 Å². The molecule has 0 aliphatic heterocycles. The normalized spacial score (nSPS) is 12.3. The van der Waals surface area contributed by atoms with Crippen LogP contribution in [0.25, 0.3) is 22.3 Å². The molecule has 3 nitrogen and oxygen atoms in total. The van der Waals surface area contributed by atoms with E-state index in [1.54, 1.807) is 0 Å². The van der Waals surface area contributed by atoms with Gasteiger partial charge in [0.1, 0.15) is 0 Å². The average Bonchev–Trinajstić information content (AvgIpc) is 3.81. The van der Waals surface area contributed by atoms with Gasteiger partial charge in [-0.15, -0.1) is 0 Å². The molecule has 2 aliphatic rings. The standard InChI is InChI=1S/C42H30N2O/c1-3-13-33(14-4-1)43(35-19-21-39-31(27-35)25-29-11-7-9-17-37(29)39)41-23-24-42(45-41)44(34-15-5-2-6-16-34)36-20-22-40-32(28-36)26-30-12-8-10-18-38(30)40/h1-24,27-28H,25-26H2. The van der Waals surface area contributed by atoms with Gasteiger partial charge in [0.05, 0.1) is 0 Å². The molecule has 1 heterocycles. The highest BCUT2D eigenvalue weighted by Gasteiger charge is 2.25. The third-order valence-electron chi connectivity index (χ3n) is 9.12. The Balaban J connectivity index is 1.14. The first-order valence-electron chi connectivity index (χ1n) is 15.5. The van der Waals surface area contributed by atoms with Gasteiger partial charge in [-0.25, -0.2) is 0 Å². The molecule has 0 bridgehead atoms. The van der Waals surface area contributed by atoms with Gasteiger partial charge in [0.25, 0.3) is 0 Å². The molecule has 0 saturated heterocycles. The van der Waals surface area contributed by atoms with E-state index in [-0.39, 0.29) is 0 Å². The van der Waals surface area contributed by atoms with Crippen LogP contribution in [0.3, 0.4) is 0 Å². The van der Waals surface area contributed by atoms with Crippen LogP contribution in [0.4, 0.5) is 34.5 Å². The summed E-state index contributed by atoms with van der Waals surface area (Å²) in [6.07, 6.45) is 1.88. The number of hydrogen-bond donors (Lipinski definition) is 0. The molecule has 0 amide bonds. The van der Waals surface area contributed by atoms with Crippen LogP contribution in [0.2, 0.25) is 0 Å². The summed E-state index contributed by atoms with van der Waals surface area (Å²) in [7, 11) is 0. The van der Waals surface area contributed by atoms with Crippen LogP contribution in [-0.4, -0.2) is 0 Å². The summed E-state index contributed by atoms with van der Waals surface area (Å²) in [5.74, 6) is 1.53. The van der Waals surface area contributed by atoms with E-state index in [0.29, 0.717) is 0 Å². The smallest absolute Gasteiger partial charge is 0.207 e. The first kappa shape index (κ1) is 25.7. The number of benzene rings is 6. The number of nitrogens with zero attached hydrogens (tertiary/aromatic N) is 2. The fraction of sp³-hybridized carbons (Fsp3) is 0.0476. The Morgan fingerprint density at radius 1 is 0.333 bits per heavy atom. The van der Waals surface area contributed by atoms with E-state index >= 15 is 0 Å². The summed E-state index contributed by atoms with van der Waals surface area (Å²) in [4.78, 5) is 4.44. The lowest BCUT2D eigenvalue weighted by Crippen LogP contribution is -2.11. The number of hydrogen-bond acceptors (Lipinski definition) is 3. The van der Waals surface area contributed by atoms with Crippen molar-refractivity contribution in [2.75, 3.05) is 9.80 Å². The van der Waals surface area contributed by atoms with Crippen molar-refractivity contribution in [1.82, 2.24) is 0 Å². The molecule has 0 N–H and O–H groups in total. The molecule has 1 aromatic heterocycles. The third-order valence-corrected chi connectivity index (χ3v) is 9.12. The lowest BCUT2D eigenvalue weighted by molar-refractivity contribution is 0.580. The van der Waals surface area contributed by atoms with Gasteiger partial charge >= 0.3 is 0 Å². The quantitative estimate of drug-likeness (QED) is 0.196. The molecule has 0 unspecified atom stereocenters. The molecule has 9 rings (SSSR count). The SMILES string of the molecule is c1ccc(N(c2ccc3c(c2)Cc2ccccc2-3)c2ccc(N(c3ccccc3)c3ccc4c(c3)Cc3ccccc3-4)o2)cc1. The molecule has 0 fully saturated rings. The fourth-order valence-electron chi connectivity index (χ4n) is 7.06.